The molecule has 0 radical (unpaired) electrons. The Bertz CT molecular complexity index is 479. The number of carbonyl (C=O) groups is 1. The van der Waals surface area contributed by atoms with Gasteiger partial charge in [0.2, 0.25) is 0 Å². The van der Waals surface area contributed by atoms with Gasteiger partial charge >= 0.3 is 0 Å². The van der Waals surface area contributed by atoms with Crippen molar-refractivity contribution in [2.45, 2.75) is 25.4 Å². The second-order valence-electron chi connectivity index (χ2n) is 4.82. The molecule has 0 aliphatic carbocycles. The third-order valence-electron chi connectivity index (χ3n) is 3.00. The fourth-order valence-corrected chi connectivity index (χ4v) is 2.65. The molecule has 1 amide bonds. The Kier molecular flexibility index (Phi) is 3.94. The van der Waals surface area contributed by atoms with Gasteiger partial charge in [0.25, 0.3) is 5.91 Å². The number of rotatable bonds is 1. The van der Waals surface area contributed by atoms with Crippen LogP contribution in [-0.2, 0) is 0 Å². The van der Waals surface area contributed by atoms with Crippen molar-refractivity contribution in [3.05, 3.63) is 27.5 Å². The van der Waals surface area contributed by atoms with Crippen molar-refractivity contribution >= 4 is 33.4 Å². The van der Waals surface area contributed by atoms with Gasteiger partial charge in [0.05, 0.1) is 11.2 Å². The molecule has 1 N–H and O–H groups in total. The van der Waals surface area contributed by atoms with Crippen LogP contribution >= 0.6 is 27.5 Å². The van der Waals surface area contributed by atoms with Crippen LogP contribution in [0.5, 0.6) is 0 Å². The van der Waals surface area contributed by atoms with Crippen LogP contribution < -0.4 is 0 Å². The van der Waals surface area contributed by atoms with Crippen LogP contribution in [0.1, 0.15) is 30.1 Å². The second-order valence-corrected chi connectivity index (χ2v) is 6.09. The first-order valence-corrected chi connectivity index (χ1v) is 6.89. The van der Waals surface area contributed by atoms with Gasteiger partial charge in [-0.3, -0.25) is 4.79 Å². The van der Waals surface area contributed by atoms with E-state index in [-0.39, 0.29) is 11.1 Å². The number of aliphatic hydroxyl groups is 1. The average Bonchev–Trinajstić information content (AvgIpc) is 2.30. The second kappa shape index (κ2) is 5.15. The van der Waals surface area contributed by atoms with E-state index in [0.29, 0.717) is 29.5 Å². The number of halogens is 2. The van der Waals surface area contributed by atoms with E-state index in [0.717, 1.165) is 6.42 Å². The lowest BCUT2D eigenvalue weighted by Crippen LogP contribution is -2.48. The lowest BCUT2D eigenvalue weighted by Gasteiger charge is -2.36. The van der Waals surface area contributed by atoms with Crippen LogP contribution in [0.25, 0.3) is 0 Å². The first kappa shape index (κ1) is 13.8. The molecule has 0 aromatic carbocycles. The minimum absolute atomic E-state index is 0.186. The van der Waals surface area contributed by atoms with E-state index < -0.39 is 5.60 Å². The summed E-state index contributed by atoms with van der Waals surface area (Å²) in [5, 5.41) is 10.2. The fraction of sp³-hybridized carbons (Fsp3) is 0.500. The Balaban J connectivity index is 2.23. The monoisotopic (exact) mass is 332 g/mol. The molecule has 0 spiro atoms. The van der Waals surface area contributed by atoms with Crippen molar-refractivity contribution in [1.82, 2.24) is 9.88 Å². The van der Waals surface area contributed by atoms with E-state index in [1.165, 1.54) is 0 Å². The molecule has 0 bridgehead atoms. The Morgan fingerprint density at radius 3 is 3.06 bits per heavy atom. The number of carbonyl (C=O) groups excluding carboxylic acids is 1. The van der Waals surface area contributed by atoms with Crippen molar-refractivity contribution in [3.63, 3.8) is 0 Å². The number of likely N-dealkylation sites (tertiary alicyclic amines) is 1. The van der Waals surface area contributed by atoms with Crippen LogP contribution in [0.2, 0.25) is 5.15 Å². The maximum absolute atomic E-state index is 12.3. The van der Waals surface area contributed by atoms with Crippen LogP contribution in [0, 0.1) is 0 Å². The highest BCUT2D eigenvalue weighted by Crippen LogP contribution is 2.25. The zero-order valence-electron chi connectivity index (χ0n) is 9.99. The summed E-state index contributed by atoms with van der Waals surface area (Å²) in [7, 11) is 0. The Hall–Kier alpha value is -0.650. The number of pyridine rings is 1. The van der Waals surface area contributed by atoms with Gasteiger partial charge in [0.15, 0.2) is 0 Å². The molecule has 1 unspecified atom stereocenters. The summed E-state index contributed by atoms with van der Waals surface area (Å²) >= 11 is 9.21. The minimum atomic E-state index is -0.820. The highest BCUT2D eigenvalue weighted by atomic mass is 79.9. The largest absolute Gasteiger partial charge is 0.388 e. The van der Waals surface area contributed by atoms with Crippen LogP contribution in [0.15, 0.2) is 16.7 Å². The van der Waals surface area contributed by atoms with Crippen LogP contribution in [0.4, 0.5) is 0 Å². The zero-order chi connectivity index (χ0) is 13.3. The molecule has 1 aliphatic rings. The SMILES string of the molecule is CC1(O)CCCN(C(=O)c2cc(Br)cnc2Cl)C1. The van der Waals surface area contributed by atoms with Gasteiger partial charge in [-0.15, -0.1) is 0 Å². The molecule has 6 heteroatoms. The van der Waals surface area contributed by atoms with Crippen molar-refractivity contribution in [2.75, 3.05) is 13.1 Å². The van der Waals surface area contributed by atoms with Gasteiger partial charge < -0.3 is 10.0 Å². The summed E-state index contributed by atoms with van der Waals surface area (Å²) in [6.07, 6.45) is 3.05. The highest BCUT2D eigenvalue weighted by molar-refractivity contribution is 9.10. The molecule has 18 heavy (non-hydrogen) atoms. The number of hydrogen-bond donors (Lipinski definition) is 1. The molecular weight excluding hydrogens is 320 g/mol. The highest BCUT2D eigenvalue weighted by Gasteiger charge is 2.32. The van der Waals surface area contributed by atoms with Crippen LogP contribution in [0.3, 0.4) is 0 Å². The molecule has 2 heterocycles. The van der Waals surface area contributed by atoms with Gasteiger partial charge in [-0.25, -0.2) is 4.98 Å². The molecule has 2 rings (SSSR count). The minimum Gasteiger partial charge on any atom is -0.388 e. The number of nitrogens with zero attached hydrogens (tertiary/aromatic N) is 2. The van der Waals surface area contributed by atoms with Gasteiger partial charge in [0, 0.05) is 23.8 Å². The first-order chi connectivity index (χ1) is 8.39. The molecule has 4 nitrogen and oxygen atoms in total. The molecule has 0 saturated carbocycles. The quantitative estimate of drug-likeness (QED) is 0.803. The first-order valence-electron chi connectivity index (χ1n) is 5.72. The Labute approximate surface area is 119 Å². The molecule has 1 aromatic rings. The van der Waals surface area contributed by atoms with Crippen molar-refractivity contribution < 1.29 is 9.90 Å². The van der Waals surface area contributed by atoms with Crippen molar-refractivity contribution in [2.24, 2.45) is 0 Å². The summed E-state index contributed by atoms with van der Waals surface area (Å²) in [4.78, 5) is 17.9. The lowest BCUT2D eigenvalue weighted by atomic mass is 9.95. The molecular formula is C12H14BrClN2O2. The third-order valence-corrected chi connectivity index (χ3v) is 3.73. The molecule has 1 aromatic heterocycles. The maximum atomic E-state index is 12.3. The van der Waals surface area contributed by atoms with E-state index in [1.54, 1.807) is 24.1 Å². The van der Waals surface area contributed by atoms with Gasteiger partial charge in [-0.2, -0.15) is 0 Å². The molecule has 98 valence electrons. The summed E-state index contributed by atoms with van der Waals surface area (Å²) in [6.45, 7) is 2.71. The Morgan fingerprint density at radius 2 is 2.39 bits per heavy atom. The van der Waals surface area contributed by atoms with Crippen LogP contribution in [-0.4, -0.2) is 39.6 Å². The van der Waals surface area contributed by atoms with Gasteiger partial charge in [-0.05, 0) is 41.8 Å². The summed E-state index contributed by atoms with van der Waals surface area (Å²) in [6, 6.07) is 1.65. The van der Waals surface area contributed by atoms with Gasteiger partial charge in [0.1, 0.15) is 5.15 Å². The molecule has 1 saturated heterocycles. The Morgan fingerprint density at radius 1 is 1.67 bits per heavy atom. The molecule has 1 fully saturated rings. The van der Waals surface area contributed by atoms with E-state index in [2.05, 4.69) is 20.9 Å². The normalized spacial score (nSPS) is 24.1. The summed E-state index contributed by atoms with van der Waals surface area (Å²) in [5.74, 6) is -0.186. The summed E-state index contributed by atoms with van der Waals surface area (Å²) < 4.78 is 0.707. The number of β-amino-alcohol motifs (C(OH)–C–C–N with tert-alkyl or cyclic N) is 1. The van der Waals surface area contributed by atoms with E-state index >= 15 is 0 Å². The maximum Gasteiger partial charge on any atom is 0.257 e. The predicted molar refractivity (Wildman–Crippen MR) is 72.7 cm³/mol. The van der Waals surface area contributed by atoms with E-state index in [4.69, 9.17) is 11.6 Å². The topological polar surface area (TPSA) is 53.4 Å². The van der Waals surface area contributed by atoms with Crippen molar-refractivity contribution in [1.29, 1.82) is 0 Å². The fourth-order valence-electron chi connectivity index (χ4n) is 2.14. The van der Waals surface area contributed by atoms with E-state index in [1.807, 2.05) is 0 Å². The number of aromatic nitrogens is 1. The smallest absolute Gasteiger partial charge is 0.257 e. The molecule has 1 aliphatic heterocycles. The predicted octanol–water partition coefficient (Wildman–Crippen LogP) is 2.48. The van der Waals surface area contributed by atoms with Gasteiger partial charge in [-0.1, -0.05) is 11.6 Å². The number of hydrogen-bond acceptors (Lipinski definition) is 3. The lowest BCUT2D eigenvalue weighted by molar-refractivity contribution is -0.0107. The van der Waals surface area contributed by atoms with E-state index in [9.17, 15) is 9.90 Å². The standard InChI is InChI=1S/C12H14BrClN2O2/c1-12(18)3-2-4-16(7-12)11(17)9-5-8(13)6-15-10(9)14/h5-6,18H,2-4,7H2,1H3. The average molecular weight is 334 g/mol. The van der Waals surface area contributed by atoms with Crippen molar-refractivity contribution in [3.8, 4) is 0 Å². The summed E-state index contributed by atoms with van der Waals surface area (Å²) in [5.41, 5.74) is -0.455. The number of piperidine rings is 1. The molecule has 1 atom stereocenters. The number of amides is 1. The third kappa shape index (κ3) is 3.02. The zero-order valence-corrected chi connectivity index (χ0v) is 12.3.